The molecule has 0 unspecified atom stereocenters. The van der Waals surface area contributed by atoms with Gasteiger partial charge in [0.05, 0.1) is 7.11 Å². The second-order valence-electron chi connectivity index (χ2n) is 6.92. The normalized spacial score (nSPS) is 25.1. The van der Waals surface area contributed by atoms with Crippen molar-refractivity contribution >= 4 is 5.91 Å². The van der Waals surface area contributed by atoms with E-state index in [4.69, 9.17) is 4.74 Å². The molecule has 2 aliphatic heterocycles. The molecule has 2 aliphatic rings. The summed E-state index contributed by atoms with van der Waals surface area (Å²) in [5, 5.41) is 0. The van der Waals surface area contributed by atoms with Gasteiger partial charge in [0.25, 0.3) is 0 Å². The maximum atomic E-state index is 11.9. The lowest BCUT2D eigenvalue weighted by atomic mass is 10.0. The molecule has 1 aromatic rings. The molecule has 0 bridgehead atoms. The average molecular weight is 316 g/mol. The van der Waals surface area contributed by atoms with Crippen LogP contribution in [0.15, 0.2) is 18.2 Å². The molecule has 2 saturated heterocycles. The molecule has 0 saturated carbocycles. The van der Waals surface area contributed by atoms with Gasteiger partial charge in [-0.3, -0.25) is 9.69 Å². The molecule has 0 radical (unpaired) electrons. The number of rotatable bonds is 4. The predicted octanol–water partition coefficient (Wildman–Crippen LogP) is 2.98. The number of ether oxygens (including phenoxy) is 1. The lowest BCUT2D eigenvalue weighted by molar-refractivity contribution is -0.130. The highest BCUT2D eigenvalue weighted by Gasteiger charge is 2.38. The lowest BCUT2D eigenvalue weighted by Gasteiger charge is -2.35. The van der Waals surface area contributed by atoms with Crippen LogP contribution in [0, 0.1) is 6.92 Å². The Hall–Kier alpha value is -1.55. The fourth-order valence-corrected chi connectivity index (χ4v) is 4.32. The number of amides is 1. The Morgan fingerprint density at radius 1 is 1.22 bits per heavy atom. The highest BCUT2D eigenvalue weighted by Crippen LogP contribution is 2.32. The molecule has 3 rings (SSSR count). The number of carbonyl (C=O) groups is 1. The Balaban J connectivity index is 1.77. The zero-order valence-corrected chi connectivity index (χ0v) is 14.5. The second kappa shape index (κ2) is 6.91. The highest BCUT2D eigenvalue weighted by atomic mass is 16.5. The van der Waals surface area contributed by atoms with Gasteiger partial charge < -0.3 is 9.64 Å². The largest absolute Gasteiger partial charge is 0.496 e. The average Bonchev–Trinajstić information content (AvgIpc) is 3.15. The highest BCUT2D eigenvalue weighted by molar-refractivity contribution is 5.74. The monoisotopic (exact) mass is 316 g/mol. The summed E-state index contributed by atoms with van der Waals surface area (Å²) < 4.78 is 5.54. The van der Waals surface area contributed by atoms with Crippen LogP contribution in [-0.4, -0.2) is 48.0 Å². The molecule has 1 amide bonds. The van der Waals surface area contributed by atoms with Crippen LogP contribution in [-0.2, 0) is 11.3 Å². The van der Waals surface area contributed by atoms with Gasteiger partial charge >= 0.3 is 0 Å². The summed E-state index contributed by atoms with van der Waals surface area (Å²) >= 11 is 0. The van der Waals surface area contributed by atoms with Crippen LogP contribution >= 0.6 is 0 Å². The lowest BCUT2D eigenvalue weighted by Crippen LogP contribution is -2.47. The number of hydrogen-bond acceptors (Lipinski definition) is 3. The summed E-state index contributed by atoms with van der Waals surface area (Å²) in [5.41, 5.74) is 2.52. The third-order valence-electron chi connectivity index (χ3n) is 5.37. The molecule has 1 aromatic carbocycles. The molecule has 2 fully saturated rings. The third-order valence-corrected chi connectivity index (χ3v) is 5.37. The summed E-state index contributed by atoms with van der Waals surface area (Å²) in [6, 6.07) is 7.27. The van der Waals surface area contributed by atoms with Crippen molar-refractivity contribution in [2.45, 2.75) is 58.2 Å². The molecule has 0 aliphatic carbocycles. The summed E-state index contributed by atoms with van der Waals surface area (Å²) in [7, 11) is 1.74. The van der Waals surface area contributed by atoms with Crippen LogP contribution in [0.5, 0.6) is 5.75 Å². The molecule has 4 nitrogen and oxygen atoms in total. The minimum Gasteiger partial charge on any atom is -0.496 e. The Kier molecular flexibility index (Phi) is 4.90. The van der Waals surface area contributed by atoms with Gasteiger partial charge in [0.15, 0.2) is 0 Å². The maximum absolute atomic E-state index is 11.9. The van der Waals surface area contributed by atoms with Gasteiger partial charge in [-0.2, -0.15) is 0 Å². The molecule has 0 spiro atoms. The Labute approximate surface area is 139 Å². The molecule has 4 heteroatoms. The topological polar surface area (TPSA) is 32.8 Å². The van der Waals surface area contributed by atoms with E-state index < -0.39 is 0 Å². The first-order valence-electron chi connectivity index (χ1n) is 8.75. The van der Waals surface area contributed by atoms with Crippen molar-refractivity contribution in [3.63, 3.8) is 0 Å². The summed E-state index contributed by atoms with van der Waals surface area (Å²) in [6.07, 6.45) is 4.71. The van der Waals surface area contributed by atoms with E-state index in [-0.39, 0.29) is 5.91 Å². The van der Waals surface area contributed by atoms with Gasteiger partial charge in [0.2, 0.25) is 5.91 Å². The standard InChI is InChI=1S/C19H28N2O2/c1-14-8-9-19(23-3)16(12-14)13-20-10-4-6-17(20)18-7-5-11-21(18)15(2)22/h8-9,12,17-18H,4-7,10-11,13H2,1-3H3/t17-,18+/m1/s1. The smallest absolute Gasteiger partial charge is 0.219 e. The van der Waals surface area contributed by atoms with Crippen molar-refractivity contribution in [3.05, 3.63) is 29.3 Å². The van der Waals surface area contributed by atoms with Gasteiger partial charge in [-0.25, -0.2) is 0 Å². The van der Waals surface area contributed by atoms with E-state index >= 15 is 0 Å². The zero-order chi connectivity index (χ0) is 16.4. The van der Waals surface area contributed by atoms with Gasteiger partial charge in [-0.1, -0.05) is 17.7 Å². The molecule has 0 aromatic heterocycles. The third kappa shape index (κ3) is 3.37. The summed E-state index contributed by atoms with van der Waals surface area (Å²) in [4.78, 5) is 16.6. The van der Waals surface area contributed by atoms with E-state index in [9.17, 15) is 4.79 Å². The molecule has 23 heavy (non-hydrogen) atoms. The molecular weight excluding hydrogens is 288 g/mol. The number of methoxy groups -OCH3 is 1. The quantitative estimate of drug-likeness (QED) is 0.856. The fraction of sp³-hybridized carbons (Fsp3) is 0.632. The maximum Gasteiger partial charge on any atom is 0.219 e. The van der Waals surface area contributed by atoms with Crippen molar-refractivity contribution < 1.29 is 9.53 Å². The van der Waals surface area contributed by atoms with Crippen LogP contribution < -0.4 is 4.74 Å². The molecule has 0 N–H and O–H groups in total. The van der Waals surface area contributed by atoms with E-state index in [0.717, 1.165) is 38.2 Å². The number of benzene rings is 1. The predicted molar refractivity (Wildman–Crippen MR) is 91.6 cm³/mol. The van der Waals surface area contributed by atoms with E-state index in [1.807, 2.05) is 0 Å². The summed E-state index contributed by atoms with van der Waals surface area (Å²) in [5.74, 6) is 1.20. The van der Waals surface area contributed by atoms with E-state index in [2.05, 4.69) is 34.9 Å². The van der Waals surface area contributed by atoms with Crippen LogP contribution in [0.3, 0.4) is 0 Å². The number of hydrogen-bond donors (Lipinski definition) is 0. The van der Waals surface area contributed by atoms with E-state index in [1.165, 1.54) is 24.0 Å². The van der Waals surface area contributed by atoms with Gasteiger partial charge in [-0.05, 0) is 45.2 Å². The number of aryl methyl sites for hydroxylation is 1. The van der Waals surface area contributed by atoms with Crippen LogP contribution in [0.25, 0.3) is 0 Å². The SMILES string of the molecule is COc1ccc(C)cc1CN1CCC[C@@H]1[C@@H]1CCCN1C(C)=O. The van der Waals surface area contributed by atoms with Gasteiger partial charge in [0.1, 0.15) is 5.75 Å². The minimum atomic E-state index is 0.229. The number of carbonyl (C=O) groups excluding carboxylic acids is 1. The number of likely N-dealkylation sites (tertiary alicyclic amines) is 2. The van der Waals surface area contributed by atoms with Crippen molar-refractivity contribution in [1.29, 1.82) is 0 Å². The molecular formula is C19H28N2O2. The van der Waals surface area contributed by atoms with E-state index in [1.54, 1.807) is 14.0 Å². The van der Waals surface area contributed by atoms with Crippen molar-refractivity contribution in [2.24, 2.45) is 0 Å². The van der Waals surface area contributed by atoms with Gasteiger partial charge in [0, 0.05) is 37.7 Å². The Morgan fingerprint density at radius 3 is 2.70 bits per heavy atom. The van der Waals surface area contributed by atoms with Crippen LogP contribution in [0.2, 0.25) is 0 Å². The van der Waals surface area contributed by atoms with Crippen LogP contribution in [0.4, 0.5) is 0 Å². The Morgan fingerprint density at radius 2 is 1.96 bits per heavy atom. The summed E-state index contributed by atoms with van der Waals surface area (Å²) in [6.45, 7) is 6.79. The number of nitrogens with zero attached hydrogens (tertiary/aromatic N) is 2. The first-order chi connectivity index (χ1) is 11.1. The van der Waals surface area contributed by atoms with Crippen molar-refractivity contribution in [1.82, 2.24) is 9.80 Å². The molecule has 2 heterocycles. The first-order valence-corrected chi connectivity index (χ1v) is 8.75. The first kappa shape index (κ1) is 16.3. The van der Waals surface area contributed by atoms with Crippen molar-refractivity contribution in [2.75, 3.05) is 20.2 Å². The minimum absolute atomic E-state index is 0.229. The fourth-order valence-electron chi connectivity index (χ4n) is 4.32. The van der Waals surface area contributed by atoms with Crippen molar-refractivity contribution in [3.8, 4) is 5.75 Å². The van der Waals surface area contributed by atoms with Crippen LogP contribution in [0.1, 0.15) is 43.7 Å². The molecule has 2 atom stereocenters. The Bertz CT molecular complexity index is 572. The van der Waals surface area contributed by atoms with E-state index in [0.29, 0.717) is 12.1 Å². The zero-order valence-electron chi connectivity index (χ0n) is 14.5. The molecule has 126 valence electrons. The second-order valence-corrected chi connectivity index (χ2v) is 6.92. The van der Waals surface area contributed by atoms with Gasteiger partial charge in [-0.15, -0.1) is 0 Å².